The molecule has 3 rings (SSSR count). The van der Waals surface area contributed by atoms with Gasteiger partial charge in [0.15, 0.2) is 0 Å². The normalized spacial score (nSPS) is 10.5. The van der Waals surface area contributed by atoms with Crippen LogP contribution < -0.4 is 26.5 Å². The minimum absolute atomic E-state index is 0.0185. The van der Waals surface area contributed by atoms with Crippen molar-refractivity contribution in [1.82, 2.24) is 15.3 Å². The number of thiophene rings is 1. The number of carbonyl (C=O) groups excluding carboxylic acids is 2. The van der Waals surface area contributed by atoms with Crippen LogP contribution in [0.5, 0.6) is 5.75 Å². The summed E-state index contributed by atoms with van der Waals surface area (Å²) in [6, 6.07) is 5.97. The molecule has 0 aliphatic heterocycles. The quantitative estimate of drug-likeness (QED) is 0.125. The van der Waals surface area contributed by atoms with Gasteiger partial charge in [0.25, 0.3) is 11.8 Å². The van der Waals surface area contributed by atoms with E-state index in [1.165, 1.54) is 38.6 Å². The Hall–Kier alpha value is -3.09. The summed E-state index contributed by atoms with van der Waals surface area (Å²) in [5.74, 6) is 4.77. The molecule has 0 saturated heterocycles. The van der Waals surface area contributed by atoms with Gasteiger partial charge in [0.05, 0.1) is 28.4 Å². The van der Waals surface area contributed by atoms with Crippen molar-refractivity contribution in [1.29, 1.82) is 5.41 Å². The van der Waals surface area contributed by atoms with Gasteiger partial charge in [0.1, 0.15) is 16.4 Å². The van der Waals surface area contributed by atoms with Crippen molar-refractivity contribution in [2.24, 2.45) is 5.84 Å². The van der Waals surface area contributed by atoms with Crippen molar-refractivity contribution < 1.29 is 14.3 Å². The summed E-state index contributed by atoms with van der Waals surface area (Å²) >= 11 is 19.5. The van der Waals surface area contributed by atoms with E-state index in [4.69, 9.17) is 50.8 Å². The van der Waals surface area contributed by atoms with Crippen molar-refractivity contribution in [2.45, 2.75) is 6.54 Å². The van der Waals surface area contributed by atoms with Gasteiger partial charge < -0.3 is 20.7 Å². The van der Waals surface area contributed by atoms with Gasteiger partial charge in [0, 0.05) is 36.4 Å². The maximum atomic E-state index is 13.1. The SMILES string of the molecule is COc1cc(Cl)cc(C(=O)Nc2ccc(Cl)cn2)c1NC(=O)c1scc(CNC(=N)N(C)N)c1Cl. The fourth-order valence-corrected chi connectivity index (χ4v) is 4.39. The van der Waals surface area contributed by atoms with Gasteiger partial charge in [-0.2, -0.15) is 0 Å². The first-order valence-electron chi connectivity index (χ1n) is 9.79. The van der Waals surface area contributed by atoms with Gasteiger partial charge in [-0.15, -0.1) is 11.3 Å². The monoisotopic (exact) mass is 555 g/mol. The van der Waals surface area contributed by atoms with Gasteiger partial charge in [-0.05, 0) is 23.6 Å². The van der Waals surface area contributed by atoms with E-state index in [1.54, 1.807) is 11.4 Å². The van der Waals surface area contributed by atoms with Crippen molar-refractivity contribution in [3.8, 4) is 5.75 Å². The van der Waals surface area contributed by atoms with Gasteiger partial charge >= 0.3 is 0 Å². The lowest BCUT2D eigenvalue weighted by molar-refractivity contribution is 0.102. The number of hydrazine groups is 1. The Labute approximate surface area is 219 Å². The number of ether oxygens (including phenoxy) is 1. The van der Waals surface area contributed by atoms with Crippen LogP contribution in [-0.4, -0.2) is 41.9 Å². The average molecular weight is 557 g/mol. The fraction of sp³-hybridized carbons (Fsp3) is 0.143. The molecule has 2 aromatic heterocycles. The summed E-state index contributed by atoms with van der Waals surface area (Å²) in [6.07, 6.45) is 1.39. The summed E-state index contributed by atoms with van der Waals surface area (Å²) in [4.78, 5) is 30.4. The number of halogens is 3. The second-order valence-corrected chi connectivity index (χ2v) is 9.15. The highest BCUT2D eigenvalue weighted by Crippen LogP contribution is 2.35. The molecule has 6 N–H and O–H groups in total. The molecular weight excluding hydrogens is 537 g/mol. The van der Waals surface area contributed by atoms with Crippen LogP contribution in [0, 0.1) is 5.41 Å². The molecule has 0 spiro atoms. The predicted molar refractivity (Wildman–Crippen MR) is 139 cm³/mol. The van der Waals surface area contributed by atoms with Crippen molar-refractivity contribution >= 4 is 75.4 Å². The molecule has 2 amide bonds. The molecule has 35 heavy (non-hydrogen) atoms. The number of rotatable bonds is 7. The zero-order chi connectivity index (χ0) is 25.7. The molecule has 0 unspecified atom stereocenters. The third-order valence-corrected chi connectivity index (χ3v) is 6.56. The first-order valence-corrected chi connectivity index (χ1v) is 11.8. The van der Waals surface area contributed by atoms with E-state index in [1.807, 2.05) is 0 Å². The molecule has 14 heteroatoms. The number of aromatic nitrogens is 1. The highest BCUT2D eigenvalue weighted by molar-refractivity contribution is 7.13. The first kappa shape index (κ1) is 26.5. The number of anilines is 2. The summed E-state index contributed by atoms with van der Waals surface area (Å²) in [7, 11) is 2.90. The molecule has 10 nitrogen and oxygen atoms in total. The van der Waals surface area contributed by atoms with Crippen LogP contribution in [0.4, 0.5) is 11.5 Å². The maximum Gasteiger partial charge on any atom is 0.267 e. The Morgan fingerprint density at radius 2 is 1.91 bits per heavy atom. The third kappa shape index (κ3) is 6.53. The second kappa shape index (κ2) is 11.6. The molecule has 1 aromatic carbocycles. The molecule has 0 radical (unpaired) electrons. The van der Waals surface area contributed by atoms with Crippen molar-refractivity contribution in [3.63, 3.8) is 0 Å². The van der Waals surface area contributed by atoms with Crippen LogP contribution in [0.1, 0.15) is 25.6 Å². The Morgan fingerprint density at radius 3 is 2.54 bits per heavy atom. The Morgan fingerprint density at radius 1 is 1.17 bits per heavy atom. The number of pyridine rings is 1. The topological polar surface area (TPSA) is 145 Å². The molecular formula is C21H20Cl3N7O3S. The summed E-state index contributed by atoms with van der Waals surface area (Å²) in [6.45, 7) is 0.189. The Balaban J connectivity index is 1.87. The number of nitrogens with two attached hydrogens (primary N) is 1. The highest BCUT2D eigenvalue weighted by Gasteiger charge is 2.23. The molecule has 184 valence electrons. The molecule has 0 bridgehead atoms. The van der Waals surface area contributed by atoms with Crippen LogP contribution in [0.25, 0.3) is 0 Å². The average Bonchev–Trinajstić information content (AvgIpc) is 3.19. The number of benzene rings is 1. The number of hydrogen-bond acceptors (Lipinski definition) is 7. The standard InChI is InChI=1S/C21H20Cl3N7O3S/c1-31(26)21(25)28-7-10-9-35-18(16(10)24)20(33)30-17-13(5-12(23)6-14(17)34-2)19(32)29-15-4-3-11(22)8-27-15/h3-6,8-9H,7,26H2,1-2H3,(H2,25,28)(H,30,33)(H,27,29,32). The van der Waals surface area contributed by atoms with Crippen molar-refractivity contribution in [3.05, 3.63) is 66.9 Å². The van der Waals surface area contributed by atoms with Crippen LogP contribution in [0.15, 0.2) is 35.8 Å². The number of amides is 2. The van der Waals surface area contributed by atoms with Crippen LogP contribution >= 0.6 is 46.1 Å². The lowest BCUT2D eigenvalue weighted by Gasteiger charge is -2.16. The first-order chi connectivity index (χ1) is 16.6. The fourth-order valence-electron chi connectivity index (χ4n) is 2.81. The van der Waals surface area contributed by atoms with E-state index < -0.39 is 11.8 Å². The number of methoxy groups -OCH3 is 1. The van der Waals surface area contributed by atoms with E-state index in [0.717, 1.165) is 16.3 Å². The van der Waals surface area contributed by atoms with Crippen LogP contribution in [-0.2, 0) is 6.54 Å². The van der Waals surface area contributed by atoms with Gasteiger partial charge in [-0.1, -0.05) is 34.8 Å². The number of carbonyl (C=O) groups is 2. The van der Waals surface area contributed by atoms with Gasteiger partial charge in [-0.3, -0.25) is 20.0 Å². The smallest absolute Gasteiger partial charge is 0.267 e. The maximum absolute atomic E-state index is 13.1. The Kier molecular flexibility index (Phi) is 8.76. The zero-order valence-corrected chi connectivity index (χ0v) is 21.5. The van der Waals surface area contributed by atoms with Crippen molar-refractivity contribution in [2.75, 3.05) is 24.8 Å². The molecule has 2 heterocycles. The van der Waals surface area contributed by atoms with Gasteiger partial charge in [0.2, 0.25) is 5.96 Å². The lowest BCUT2D eigenvalue weighted by Crippen LogP contribution is -2.41. The highest BCUT2D eigenvalue weighted by atomic mass is 35.5. The number of hydrogen-bond donors (Lipinski definition) is 5. The number of nitrogens with zero attached hydrogens (tertiary/aromatic N) is 2. The van der Waals surface area contributed by atoms with E-state index in [0.29, 0.717) is 10.6 Å². The largest absolute Gasteiger partial charge is 0.494 e. The molecule has 0 saturated carbocycles. The molecule has 0 aliphatic rings. The second-order valence-electron chi connectivity index (χ2n) is 7.02. The molecule has 3 aromatic rings. The summed E-state index contributed by atoms with van der Waals surface area (Å²) < 4.78 is 5.35. The van der Waals surface area contributed by atoms with E-state index in [9.17, 15) is 9.59 Å². The lowest BCUT2D eigenvalue weighted by atomic mass is 10.1. The van der Waals surface area contributed by atoms with Crippen LogP contribution in [0.3, 0.4) is 0 Å². The minimum atomic E-state index is -0.581. The van der Waals surface area contributed by atoms with Gasteiger partial charge in [-0.25, -0.2) is 10.8 Å². The summed E-state index contributed by atoms with van der Waals surface area (Å²) in [5.41, 5.74) is 0.751. The molecule has 0 fully saturated rings. The number of nitrogens with one attached hydrogen (secondary N) is 4. The van der Waals surface area contributed by atoms with E-state index >= 15 is 0 Å². The third-order valence-electron chi connectivity index (χ3n) is 4.54. The zero-order valence-electron chi connectivity index (χ0n) is 18.4. The molecule has 0 aliphatic carbocycles. The summed E-state index contributed by atoms with van der Waals surface area (Å²) in [5, 5.41) is 19.5. The van der Waals surface area contributed by atoms with E-state index in [2.05, 4.69) is 20.9 Å². The molecule has 0 atom stereocenters. The number of guanidine groups is 1. The minimum Gasteiger partial charge on any atom is -0.494 e. The Bertz CT molecular complexity index is 1270. The predicted octanol–water partition coefficient (Wildman–Crippen LogP) is 4.45. The van der Waals surface area contributed by atoms with E-state index in [-0.39, 0.29) is 50.2 Å². The van der Waals surface area contributed by atoms with Crippen LogP contribution in [0.2, 0.25) is 15.1 Å².